The minimum Gasteiger partial charge on any atom is -0.387 e. The third-order valence-corrected chi connectivity index (χ3v) is 21.4. The van der Waals surface area contributed by atoms with Gasteiger partial charge in [0.2, 0.25) is 26.0 Å². The number of piperazine rings is 2. The Morgan fingerprint density at radius 2 is 0.966 bits per heavy atom. The molecule has 1 aliphatic carbocycles. The molecule has 4 aromatic heterocycles. The minimum atomic E-state index is -3.10. The Morgan fingerprint density at radius 1 is 0.523 bits per heavy atom. The van der Waals surface area contributed by atoms with Crippen LogP contribution >= 0.6 is 34.8 Å². The monoisotopic (exact) mass is 1300 g/mol. The number of aliphatic hydroxyl groups is 1. The fourth-order valence-electron chi connectivity index (χ4n) is 13.2. The van der Waals surface area contributed by atoms with Gasteiger partial charge in [-0.05, 0) is 140 Å². The number of hydrogen-bond donors (Lipinski definition) is 5. The van der Waals surface area contributed by atoms with Crippen molar-refractivity contribution in [2.45, 2.75) is 63.2 Å². The third kappa shape index (κ3) is 15.5. The number of fused-ring (bicyclic) bond motifs is 4. The molecule has 5 N–H and O–H groups in total. The standard InChI is InChI=1S/C18H25N3O2S.C16H22ClN3O2S.C16H20ClN3O.C14H16ClN3O2/c1-24(22,23)21-10-8-20(9-11-21)18-13-15(14-4-2-3-5-14)12-17-16(18)6-7-19-17;1-19(23(2,21)22)11-12-4-7-20(8-5-12)16-10-13(17)9-15-14(16)3-6-18-15;1-19(2)16(21)20-7-4-11(5-8-20)14-9-12(17)10-15-13(14)3-6-18-15;15-10-7-12-11(1-2-16-12)13(8-10)17-3-5-18(6-4-17)14(20)9-19/h6-7,12-14,19H,2-5,8-11H2,1H3;3,6,9-10,12,18H,4-5,7-8,11H2,1-2H3;3,6,9-11,18H,4-5,7-8H2,1-2H3;1-2,7-8,16,19H,3-6,9H2. The highest BCUT2D eigenvalue weighted by molar-refractivity contribution is 7.88. The predicted octanol–water partition coefficient (Wildman–Crippen LogP) is 11.0. The molecule has 88 heavy (non-hydrogen) atoms. The van der Waals surface area contributed by atoms with Crippen molar-refractivity contribution in [2.24, 2.45) is 5.92 Å². The number of rotatable bonds is 10. The molecule has 8 heterocycles. The second-order valence-electron chi connectivity index (χ2n) is 24.2. The van der Waals surface area contributed by atoms with E-state index in [1.165, 1.54) is 81.0 Å². The number of nitrogens with one attached hydrogen (secondary N) is 4. The number of hydrogen-bond acceptors (Lipinski definition) is 10. The molecule has 13 rings (SSSR count). The Bertz CT molecular complexity index is 3920. The van der Waals surface area contributed by atoms with Gasteiger partial charge in [0.15, 0.2) is 0 Å². The molecule has 0 spiro atoms. The molecule has 0 radical (unpaired) electrons. The number of aliphatic hydroxyl groups excluding tert-OH is 1. The second kappa shape index (κ2) is 28.3. The molecule has 4 saturated heterocycles. The van der Waals surface area contributed by atoms with Crippen molar-refractivity contribution in [3.05, 3.63) is 124 Å². The van der Waals surface area contributed by atoms with Gasteiger partial charge in [-0.1, -0.05) is 47.6 Å². The molecule has 5 aliphatic rings. The van der Waals surface area contributed by atoms with Crippen LogP contribution in [0.15, 0.2) is 97.6 Å². The highest BCUT2D eigenvalue weighted by atomic mass is 35.5. The number of anilines is 3. The topological polar surface area (TPSA) is 212 Å². The van der Waals surface area contributed by atoms with E-state index in [0.717, 1.165) is 121 Å². The normalized spacial score (nSPS) is 17.8. The van der Waals surface area contributed by atoms with Gasteiger partial charge in [0, 0.05) is 207 Å². The zero-order chi connectivity index (χ0) is 62.4. The number of halogens is 3. The fourth-order valence-corrected chi connectivity index (χ4v) is 15.2. The summed E-state index contributed by atoms with van der Waals surface area (Å²) in [5.41, 5.74) is 10.6. The number of urea groups is 1. The van der Waals surface area contributed by atoms with Crippen LogP contribution in [-0.4, -0.2) is 202 Å². The molecule has 4 aliphatic heterocycles. The zero-order valence-electron chi connectivity index (χ0n) is 51.0. The van der Waals surface area contributed by atoms with Gasteiger partial charge in [-0.15, -0.1) is 0 Å². The van der Waals surface area contributed by atoms with Crippen LogP contribution in [0.4, 0.5) is 21.9 Å². The first kappa shape index (κ1) is 64.8. The lowest BCUT2D eigenvalue weighted by atomic mass is 9.87. The molecule has 0 unspecified atom stereocenters. The first-order chi connectivity index (χ1) is 42.1. The number of likely N-dealkylation sites (tertiary alicyclic amines) is 1. The molecule has 19 nitrogen and oxygen atoms in total. The highest BCUT2D eigenvalue weighted by Gasteiger charge is 2.30. The Morgan fingerprint density at radius 3 is 1.44 bits per heavy atom. The molecule has 474 valence electrons. The maximum Gasteiger partial charge on any atom is 0.319 e. The largest absolute Gasteiger partial charge is 0.387 e. The lowest BCUT2D eigenvalue weighted by Gasteiger charge is -2.36. The summed E-state index contributed by atoms with van der Waals surface area (Å²) in [6.45, 7) is 9.00. The van der Waals surface area contributed by atoms with Gasteiger partial charge in [0.1, 0.15) is 6.61 Å². The van der Waals surface area contributed by atoms with E-state index in [1.54, 1.807) is 35.2 Å². The van der Waals surface area contributed by atoms with E-state index < -0.39 is 26.7 Å². The second-order valence-corrected chi connectivity index (χ2v) is 29.6. The van der Waals surface area contributed by atoms with Gasteiger partial charge < -0.3 is 54.4 Å². The predicted molar refractivity (Wildman–Crippen MR) is 359 cm³/mol. The third-order valence-electron chi connectivity index (χ3n) is 18.2. The summed E-state index contributed by atoms with van der Waals surface area (Å²) < 4.78 is 49.6. The summed E-state index contributed by atoms with van der Waals surface area (Å²) in [5, 5.41) is 15.9. The average Bonchev–Trinajstić information content (AvgIpc) is 3.25. The van der Waals surface area contributed by atoms with E-state index in [4.69, 9.17) is 39.9 Å². The number of carbonyl (C=O) groups excluding carboxylic acids is 2. The van der Waals surface area contributed by atoms with Gasteiger partial charge in [-0.2, -0.15) is 4.31 Å². The van der Waals surface area contributed by atoms with E-state index in [1.807, 2.05) is 66.1 Å². The van der Waals surface area contributed by atoms with Crippen LogP contribution in [-0.2, 0) is 24.8 Å². The van der Waals surface area contributed by atoms with Crippen LogP contribution < -0.4 is 14.7 Å². The van der Waals surface area contributed by atoms with Crippen LogP contribution in [0.5, 0.6) is 0 Å². The van der Waals surface area contributed by atoms with Crippen LogP contribution in [0.1, 0.15) is 74.3 Å². The summed E-state index contributed by atoms with van der Waals surface area (Å²) in [6.07, 6.45) is 19.5. The number of amides is 3. The molecule has 4 aromatic carbocycles. The summed E-state index contributed by atoms with van der Waals surface area (Å²) in [6, 6.07) is 25.0. The number of carbonyl (C=O) groups is 2. The van der Waals surface area contributed by atoms with Crippen LogP contribution in [0.3, 0.4) is 0 Å². The molecule has 5 fully saturated rings. The number of aromatic amines is 4. The van der Waals surface area contributed by atoms with Crippen molar-refractivity contribution in [2.75, 3.05) is 140 Å². The molecule has 0 atom stereocenters. The van der Waals surface area contributed by atoms with Crippen molar-refractivity contribution in [3.63, 3.8) is 0 Å². The quantitative estimate of drug-likeness (QED) is 0.0874. The smallest absolute Gasteiger partial charge is 0.319 e. The van der Waals surface area contributed by atoms with Crippen LogP contribution in [0.25, 0.3) is 43.6 Å². The first-order valence-corrected chi connectivity index (χ1v) is 35.3. The summed E-state index contributed by atoms with van der Waals surface area (Å²) in [5.74, 6) is 1.34. The summed E-state index contributed by atoms with van der Waals surface area (Å²) >= 11 is 18.6. The number of sulfonamides is 2. The van der Waals surface area contributed by atoms with Gasteiger partial charge >= 0.3 is 6.03 Å². The van der Waals surface area contributed by atoms with Gasteiger partial charge in [-0.25, -0.2) is 25.9 Å². The number of aromatic nitrogens is 4. The molecular weight excluding hydrogens is 1220 g/mol. The zero-order valence-corrected chi connectivity index (χ0v) is 54.9. The lowest BCUT2D eigenvalue weighted by Crippen LogP contribution is -2.49. The van der Waals surface area contributed by atoms with E-state index in [-0.39, 0.29) is 11.9 Å². The van der Waals surface area contributed by atoms with Gasteiger partial charge in [0.05, 0.1) is 12.5 Å². The number of benzene rings is 4. The molecule has 3 amide bonds. The van der Waals surface area contributed by atoms with Gasteiger partial charge in [-0.3, -0.25) is 4.79 Å². The lowest BCUT2D eigenvalue weighted by molar-refractivity contribution is -0.134. The van der Waals surface area contributed by atoms with E-state index in [2.05, 4.69) is 71.0 Å². The number of H-pyrrole nitrogens is 4. The fraction of sp³-hybridized carbons (Fsp3) is 0.469. The summed E-state index contributed by atoms with van der Waals surface area (Å²) in [7, 11) is -0.925. The molecular formula is C64H83Cl3N12O7S2. The van der Waals surface area contributed by atoms with Crippen molar-refractivity contribution in [3.8, 4) is 0 Å². The molecule has 24 heteroatoms. The van der Waals surface area contributed by atoms with Crippen LogP contribution in [0.2, 0.25) is 15.1 Å². The van der Waals surface area contributed by atoms with Crippen LogP contribution in [0, 0.1) is 5.92 Å². The van der Waals surface area contributed by atoms with Gasteiger partial charge in [0.25, 0.3) is 0 Å². The average molecular weight is 1300 g/mol. The van der Waals surface area contributed by atoms with E-state index in [9.17, 15) is 26.4 Å². The van der Waals surface area contributed by atoms with Crippen molar-refractivity contribution in [1.82, 2.24) is 43.2 Å². The van der Waals surface area contributed by atoms with Crippen molar-refractivity contribution < 1.29 is 31.5 Å². The Kier molecular flexibility index (Phi) is 20.9. The Hall–Kier alpha value is -6.17. The van der Waals surface area contributed by atoms with E-state index in [0.29, 0.717) is 55.5 Å². The molecule has 0 bridgehead atoms. The van der Waals surface area contributed by atoms with E-state index >= 15 is 0 Å². The maximum absolute atomic E-state index is 12.0. The van der Waals surface area contributed by atoms with Crippen molar-refractivity contribution in [1.29, 1.82) is 0 Å². The molecule has 8 aromatic rings. The highest BCUT2D eigenvalue weighted by Crippen LogP contribution is 2.40. The minimum absolute atomic E-state index is 0.103. The first-order valence-electron chi connectivity index (χ1n) is 30.5. The Balaban J connectivity index is 0.000000130. The molecule has 1 saturated carbocycles. The maximum atomic E-state index is 12.0. The number of piperidine rings is 2. The SMILES string of the molecule is CN(C)C(=O)N1CCC(c2cc(Cl)cc3[nH]ccc23)CC1.CN(CC1CCN(c2cc(Cl)cc3[nH]ccc23)CC1)S(C)(=O)=O.CS(=O)(=O)N1CCN(c2cc(C3CCCC3)cc3[nH]ccc23)CC1.O=C(CO)N1CCN(c2cc(Cl)cc3[nH]ccc23)CC1. The number of nitrogens with zero attached hydrogens (tertiary/aromatic N) is 8. The summed E-state index contributed by atoms with van der Waals surface area (Å²) in [4.78, 5) is 48.6. The van der Waals surface area contributed by atoms with Crippen molar-refractivity contribution >= 4 is 127 Å². The Labute approximate surface area is 531 Å².